The Labute approximate surface area is 98.2 Å². The zero-order chi connectivity index (χ0) is 11.5. The SMILES string of the molecule is CC(CC1CC1)NC(=O)C[C@@H]1CCC[C@H]1N. The van der Waals surface area contributed by atoms with Crippen LogP contribution in [-0.4, -0.2) is 18.0 Å². The topological polar surface area (TPSA) is 55.1 Å². The summed E-state index contributed by atoms with van der Waals surface area (Å²) in [6.07, 6.45) is 7.91. The second-order valence-electron chi connectivity index (χ2n) is 5.71. The summed E-state index contributed by atoms with van der Waals surface area (Å²) < 4.78 is 0. The first kappa shape index (κ1) is 11.9. The highest BCUT2D eigenvalue weighted by atomic mass is 16.1. The predicted octanol–water partition coefficient (Wildman–Crippen LogP) is 1.81. The average molecular weight is 224 g/mol. The van der Waals surface area contributed by atoms with Crippen molar-refractivity contribution in [3.63, 3.8) is 0 Å². The van der Waals surface area contributed by atoms with Gasteiger partial charge >= 0.3 is 0 Å². The second-order valence-corrected chi connectivity index (χ2v) is 5.71. The van der Waals surface area contributed by atoms with E-state index in [1.165, 1.54) is 19.3 Å². The molecule has 16 heavy (non-hydrogen) atoms. The van der Waals surface area contributed by atoms with E-state index in [-0.39, 0.29) is 11.9 Å². The van der Waals surface area contributed by atoms with Crippen molar-refractivity contribution in [3.05, 3.63) is 0 Å². The van der Waals surface area contributed by atoms with Gasteiger partial charge in [-0.2, -0.15) is 0 Å². The number of nitrogens with one attached hydrogen (secondary N) is 1. The molecule has 0 saturated heterocycles. The Morgan fingerprint density at radius 2 is 2.12 bits per heavy atom. The van der Waals surface area contributed by atoms with E-state index in [1.807, 2.05) is 0 Å². The van der Waals surface area contributed by atoms with E-state index >= 15 is 0 Å². The molecule has 3 heteroatoms. The molecule has 0 aromatic rings. The van der Waals surface area contributed by atoms with Crippen LogP contribution < -0.4 is 11.1 Å². The molecule has 1 amide bonds. The third kappa shape index (κ3) is 3.48. The second kappa shape index (κ2) is 5.17. The van der Waals surface area contributed by atoms with Crippen LogP contribution in [0.15, 0.2) is 0 Å². The van der Waals surface area contributed by atoms with Crippen LogP contribution in [-0.2, 0) is 4.79 Å². The minimum absolute atomic E-state index is 0.204. The van der Waals surface area contributed by atoms with Gasteiger partial charge in [0.2, 0.25) is 5.91 Å². The first-order chi connectivity index (χ1) is 7.65. The van der Waals surface area contributed by atoms with Gasteiger partial charge in [-0.1, -0.05) is 19.3 Å². The molecule has 3 N–H and O–H groups in total. The van der Waals surface area contributed by atoms with Gasteiger partial charge in [0.1, 0.15) is 0 Å². The van der Waals surface area contributed by atoms with Gasteiger partial charge in [-0.3, -0.25) is 4.79 Å². The molecule has 2 rings (SSSR count). The Bertz CT molecular complexity index is 250. The van der Waals surface area contributed by atoms with Crippen LogP contribution in [0.4, 0.5) is 0 Å². The third-order valence-electron chi connectivity index (χ3n) is 3.96. The third-order valence-corrected chi connectivity index (χ3v) is 3.96. The Morgan fingerprint density at radius 3 is 2.69 bits per heavy atom. The van der Waals surface area contributed by atoms with E-state index in [0.29, 0.717) is 18.4 Å². The quantitative estimate of drug-likeness (QED) is 0.748. The summed E-state index contributed by atoms with van der Waals surface area (Å²) in [6, 6.07) is 0.599. The smallest absolute Gasteiger partial charge is 0.220 e. The van der Waals surface area contributed by atoms with Gasteiger partial charge in [0.25, 0.3) is 0 Å². The summed E-state index contributed by atoms with van der Waals surface area (Å²) in [5.74, 6) is 1.51. The largest absolute Gasteiger partial charge is 0.354 e. The first-order valence-corrected chi connectivity index (χ1v) is 6.70. The summed E-state index contributed by atoms with van der Waals surface area (Å²) in [5, 5.41) is 3.10. The maximum absolute atomic E-state index is 11.8. The fourth-order valence-corrected chi connectivity index (χ4v) is 2.80. The number of hydrogen-bond donors (Lipinski definition) is 2. The Kier molecular flexibility index (Phi) is 3.85. The van der Waals surface area contributed by atoms with E-state index in [1.54, 1.807) is 0 Å². The van der Waals surface area contributed by atoms with Crippen molar-refractivity contribution in [2.75, 3.05) is 0 Å². The molecule has 3 atom stereocenters. The van der Waals surface area contributed by atoms with Gasteiger partial charge in [0.05, 0.1) is 0 Å². The van der Waals surface area contributed by atoms with Crippen LogP contribution in [0.2, 0.25) is 0 Å². The molecule has 3 nitrogen and oxygen atoms in total. The molecule has 92 valence electrons. The van der Waals surface area contributed by atoms with Crippen LogP contribution in [0.3, 0.4) is 0 Å². The van der Waals surface area contributed by atoms with Crippen molar-refractivity contribution < 1.29 is 4.79 Å². The van der Waals surface area contributed by atoms with Crippen molar-refractivity contribution in [3.8, 4) is 0 Å². The molecule has 0 spiro atoms. The van der Waals surface area contributed by atoms with E-state index in [9.17, 15) is 4.79 Å². The molecule has 0 aromatic heterocycles. The minimum Gasteiger partial charge on any atom is -0.354 e. The van der Waals surface area contributed by atoms with E-state index < -0.39 is 0 Å². The highest BCUT2D eigenvalue weighted by Crippen LogP contribution is 2.33. The molecule has 0 bridgehead atoms. The molecule has 0 heterocycles. The van der Waals surface area contributed by atoms with Crippen molar-refractivity contribution in [2.45, 2.75) is 64.0 Å². The van der Waals surface area contributed by atoms with Gasteiger partial charge in [-0.15, -0.1) is 0 Å². The molecular weight excluding hydrogens is 200 g/mol. The summed E-state index contributed by atoms with van der Waals surface area (Å²) >= 11 is 0. The van der Waals surface area contributed by atoms with Crippen LogP contribution in [0, 0.1) is 11.8 Å². The highest BCUT2D eigenvalue weighted by Gasteiger charge is 2.27. The van der Waals surface area contributed by atoms with Crippen molar-refractivity contribution >= 4 is 5.91 Å². The Balaban J connectivity index is 1.66. The fourth-order valence-electron chi connectivity index (χ4n) is 2.80. The molecule has 1 unspecified atom stereocenters. The summed E-state index contributed by atoms with van der Waals surface area (Å²) in [4.78, 5) is 11.8. The van der Waals surface area contributed by atoms with Crippen LogP contribution in [0.5, 0.6) is 0 Å². The fraction of sp³-hybridized carbons (Fsp3) is 0.923. The number of amides is 1. The minimum atomic E-state index is 0.204. The van der Waals surface area contributed by atoms with E-state index in [2.05, 4.69) is 12.2 Å². The zero-order valence-corrected chi connectivity index (χ0v) is 10.2. The number of carbonyl (C=O) groups excluding carboxylic acids is 1. The number of hydrogen-bond acceptors (Lipinski definition) is 2. The Hall–Kier alpha value is -0.570. The summed E-state index contributed by atoms with van der Waals surface area (Å²) in [7, 11) is 0. The molecule has 0 aliphatic heterocycles. The van der Waals surface area contributed by atoms with Gasteiger partial charge in [-0.05, 0) is 38.0 Å². The maximum Gasteiger partial charge on any atom is 0.220 e. The van der Waals surface area contributed by atoms with Gasteiger partial charge in [0.15, 0.2) is 0 Å². The monoisotopic (exact) mass is 224 g/mol. The number of rotatable bonds is 5. The average Bonchev–Trinajstić information content (AvgIpc) is 2.91. The zero-order valence-electron chi connectivity index (χ0n) is 10.2. The maximum atomic E-state index is 11.8. The highest BCUT2D eigenvalue weighted by molar-refractivity contribution is 5.76. The summed E-state index contributed by atoms with van der Waals surface area (Å²) in [6.45, 7) is 2.12. The molecule has 2 aliphatic rings. The lowest BCUT2D eigenvalue weighted by atomic mass is 9.99. The molecule has 2 saturated carbocycles. The van der Waals surface area contributed by atoms with Crippen LogP contribution >= 0.6 is 0 Å². The van der Waals surface area contributed by atoms with Crippen molar-refractivity contribution in [1.82, 2.24) is 5.32 Å². The number of nitrogens with two attached hydrogens (primary N) is 1. The van der Waals surface area contributed by atoms with Crippen molar-refractivity contribution in [2.24, 2.45) is 17.6 Å². The number of carbonyl (C=O) groups is 1. The van der Waals surface area contributed by atoms with Gasteiger partial charge in [0, 0.05) is 18.5 Å². The van der Waals surface area contributed by atoms with Crippen molar-refractivity contribution in [1.29, 1.82) is 0 Å². The molecular formula is C13H24N2O. The lowest BCUT2D eigenvalue weighted by Gasteiger charge is -2.18. The van der Waals surface area contributed by atoms with E-state index in [0.717, 1.165) is 25.2 Å². The first-order valence-electron chi connectivity index (χ1n) is 6.70. The van der Waals surface area contributed by atoms with E-state index in [4.69, 9.17) is 5.73 Å². The lowest BCUT2D eigenvalue weighted by Crippen LogP contribution is -2.36. The molecule has 2 fully saturated rings. The van der Waals surface area contributed by atoms with Crippen LogP contribution in [0.1, 0.15) is 51.9 Å². The standard InChI is InChI=1S/C13H24N2O/c1-9(7-10-5-6-10)15-13(16)8-11-3-2-4-12(11)14/h9-12H,2-8,14H2,1H3,(H,15,16)/t9?,11-,12+/m0/s1. The normalized spacial score (nSPS) is 31.4. The summed E-state index contributed by atoms with van der Waals surface area (Å²) in [5.41, 5.74) is 5.97. The molecule has 2 aliphatic carbocycles. The lowest BCUT2D eigenvalue weighted by molar-refractivity contribution is -0.122. The predicted molar refractivity (Wildman–Crippen MR) is 64.9 cm³/mol. The van der Waals surface area contributed by atoms with Gasteiger partial charge < -0.3 is 11.1 Å². The van der Waals surface area contributed by atoms with Gasteiger partial charge in [-0.25, -0.2) is 0 Å². The molecule has 0 radical (unpaired) electrons. The van der Waals surface area contributed by atoms with Crippen LogP contribution in [0.25, 0.3) is 0 Å². The Morgan fingerprint density at radius 1 is 1.38 bits per heavy atom. The molecule has 0 aromatic carbocycles.